The van der Waals surface area contributed by atoms with Gasteiger partial charge in [0, 0.05) is 5.56 Å². The molecule has 6 nitrogen and oxygen atoms in total. The molecule has 1 aromatic rings. The number of rotatable bonds is 1. The second-order valence-electron chi connectivity index (χ2n) is 3.49. The molecule has 0 saturated carbocycles. The van der Waals surface area contributed by atoms with Crippen LogP contribution in [0.4, 0.5) is 10.5 Å². The highest BCUT2D eigenvalue weighted by molar-refractivity contribution is 7.93. The van der Waals surface area contributed by atoms with Gasteiger partial charge in [0.2, 0.25) is 10.0 Å². The fraction of sp³-hybridized carbons (Fsp3) is 0.300. The minimum absolute atomic E-state index is 0.0823. The Hall–Kier alpha value is -1.76. The molecule has 0 radical (unpaired) electrons. The van der Waals surface area contributed by atoms with Crippen LogP contribution in [0.15, 0.2) is 18.2 Å². The Labute approximate surface area is 98.5 Å². The molecule has 1 aliphatic rings. The number of phenolic OH excluding ortho intramolecular Hbond substituents is 1. The molecular formula is C10H11NO5S. The molecule has 1 amide bonds. The monoisotopic (exact) mass is 257 g/mol. The molecule has 0 unspecified atom stereocenters. The van der Waals surface area contributed by atoms with Crippen LogP contribution < -0.4 is 4.31 Å². The highest BCUT2D eigenvalue weighted by atomic mass is 32.2. The van der Waals surface area contributed by atoms with Crippen molar-refractivity contribution in [1.29, 1.82) is 0 Å². The number of hydrogen-bond donors (Lipinski definition) is 1. The number of nitrogens with zero attached hydrogens (tertiary/aromatic N) is 1. The van der Waals surface area contributed by atoms with Crippen LogP contribution >= 0.6 is 0 Å². The molecule has 0 aliphatic carbocycles. The molecular weight excluding hydrogens is 246 g/mol. The van der Waals surface area contributed by atoms with Crippen LogP contribution in [-0.4, -0.2) is 26.2 Å². The number of hydrogen-bond acceptors (Lipinski definition) is 5. The minimum Gasteiger partial charge on any atom is -0.508 e. The van der Waals surface area contributed by atoms with E-state index in [9.17, 15) is 18.3 Å². The lowest BCUT2D eigenvalue weighted by molar-refractivity contribution is 0.164. The van der Waals surface area contributed by atoms with E-state index in [0.717, 1.165) is 0 Å². The van der Waals surface area contributed by atoms with Gasteiger partial charge in [-0.2, -0.15) is 4.31 Å². The number of amides is 1. The van der Waals surface area contributed by atoms with Crippen molar-refractivity contribution >= 4 is 21.8 Å². The number of anilines is 1. The largest absolute Gasteiger partial charge is 0.508 e. The number of sulfonamides is 1. The normalized spacial score (nSPS) is 16.6. The van der Waals surface area contributed by atoms with Gasteiger partial charge in [0.15, 0.2) is 0 Å². The van der Waals surface area contributed by atoms with Crippen molar-refractivity contribution in [2.24, 2.45) is 0 Å². The maximum atomic E-state index is 11.8. The molecule has 2 rings (SSSR count). The zero-order valence-electron chi connectivity index (χ0n) is 9.08. The Kier molecular flexibility index (Phi) is 2.70. The topological polar surface area (TPSA) is 83.9 Å². The molecule has 0 fully saturated rings. The number of carbonyl (C=O) groups is 1. The zero-order chi connectivity index (χ0) is 12.6. The van der Waals surface area contributed by atoms with Gasteiger partial charge in [0.25, 0.3) is 0 Å². The summed E-state index contributed by atoms with van der Waals surface area (Å²) in [6.45, 7) is 1.67. The molecule has 0 atom stereocenters. The third-order valence-electron chi connectivity index (χ3n) is 2.38. The Balaban J connectivity index is 2.53. The van der Waals surface area contributed by atoms with Crippen LogP contribution in [0, 0.1) is 0 Å². The average molecular weight is 257 g/mol. The summed E-state index contributed by atoms with van der Waals surface area (Å²) in [6.07, 6.45) is -0.947. The second kappa shape index (κ2) is 3.92. The summed E-state index contributed by atoms with van der Waals surface area (Å²) >= 11 is 0. The van der Waals surface area contributed by atoms with Crippen LogP contribution in [0.1, 0.15) is 12.5 Å². The van der Waals surface area contributed by atoms with Gasteiger partial charge < -0.3 is 9.84 Å². The van der Waals surface area contributed by atoms with Gasteiger partial charge in [-0.3, -0.25) is 0 Å². The van der Waals surface area contributed by atoms with Crippen molar-refractivity contribution < 1.29 is 23.1 Å². The van der Waals surface area contributed by atoms with Crippen LogP contribution in [0.2, 0.25) is 0 Å². The van der Waals surface area contributed by atoms with E-state index in [-0.39, 0.29) is 23.6 Å². The van der Waals surface area contributed by atoms with E-state index in [4.69, 9.17) is 0 Å². The number of ether oxygens (including phenoxy) is 1. The number of carbonyl (C=O) groups excluding carboxylic acids is 1. The van der Waals surface area contributed by atoms with Gasteiger partial charge in [-0.1, -0.05) is 6.07 Å². The molecule has 0 spiro atoms. The number of aromatic hydroxyl groups is 1. The van der Waals surface area contributed by atoms with Gasteiger partial charge >= 0.3 is 6.09 Å². The maximum Gasteiger partial charge on any atom is 0.428 e. The molecule has 1 N–H and O–H groups in total. The average Bonchev–Trinajstić information content (AvgIpc) is 2.50. The zero-order valence-corrected chi connectivity index (χ0v) is 9.90. The highest BCUT2D eigenvalue weighted by Crippen LogP contribution is 2.38. The van der Waals surface area contributed by atoms with Gasteiger partial charge in [-0.05, 0) is 19.1 Å². The molecule has 17 heavy (non-hydrogen) atoms. The first-order chi connectivity index (χ1) is 7.97. The second-order valence-corrected chi connectivity index (χ2v) is 5.31. The summed E-state index contributed by atoms with van der Waals surface area (Å²) in [6, 6.07) is 4.31. The van der Waals surface area contributed by atoms with Crippen molar-refractivity contribution in [3.8, 4) is 5.75 Å². The summed E-state index contributed by atoms with van der Waals surface area (Å²) < 4.78 is 28.9. The fourth-order valence-corrected chi connectivity index (χ4v) is 3.23. The van der Waals surface area contributed by atoms with E-state index >= 15 is 0 Å². The van der Waals surface area contributed by atoms with Crippen LogP contribution in [0.5, 0.6) is 5.75 Å². The summed E-state index contributed by atoms with van der Waals surface area (Å²) in [4.78, 5) is 11.6. The van der Waals surface area contributed by atoms with E-state index in [1.54, 1.807) is 6.92 Å². The number of phenols is 1. The van der Waals surface area contributed by atoms with Gasteiger partial charge in [-0.25, -0.2) is 13.2 Å². The van der Waals surface area contributed by atoms with Crippen LogP contribution in [0.3, 0.4) is 0 Å². The highest BCUT2D eigenvalue weighted by Gasteiger charge is 2.40. The standard InChI is InChI=1S/C10H11NO5S/c1-2-16-10(13)11-8-4-3-5-9(12)7(8)6-17(11,14)15/h3-5,12H,2,6H2,1H3. The first kappa shape index (κ1) is 11.7. The molecule has 0 saturated heterocycles. The number of fused-ring (bicyclic) bond motifs is 1. The fourth-order valence-electron chi connectivity index (χ4n) is 1.69. The minimum atomic E-state index is -3.79. The lowest BCUT2D eigenvalue weighted by Crippen LogP contribution is -2.34. The van der Waals surface area contributed by atoms with Gasteiger partial charge in [-0.15, -0.1) is 0 Å². The van der Waals surface area contributed by atoms with Crippen molar-refractivity contribution in [1.82, 2.24) is 0 Å². The van der Waals surface area contributed by atoms with E-state index in [2.05, 4.69) is 4.74 Å². The van der Waals surface area contributed by atoms with Crippen molar-refractivity contribution in [2.75, 3.05) is 10.9 Å². The summed E-state index contributed by atoms with van der Waals surface area (Å²) in [5.41, 5.74) is 0.379. The molecule has 7 heteroatoms. The maximum absolute atomic E-state index is 11.8. The SMILES string of the molecule is CCOC(=O)N1c2cccc(O)c2CS1(=O)=O. The smallest absolute Gasteiger partial charge is 0.428 e. The molecule has 0 bridgehead atoms. The molecule has 1 aliphatic heterocycles. The summed E-state index contributed by atoms with van der Waals surface area (Å²) in [5, 5.41) is 9.55. The van der Waals surface area contributed by atoms with Crippen molar-refractivity contribution in [3.63, 3.8) is 0 Å². The van der Waals surface area contributed by atoms with Gasteiger partial charge in [0.05, 0.1) is 12.3 Å². The Morgan fingerprint density at radius 3 is 2.88 bits per heavy atom. The molecule has 0 aromatic heterocycles. The van der Waals surface area contributed by atoms with Crippen LogP contribution in [0.25, 0.3) is 0 Å². The Morgan fingerprint density at radius 2 is 2.24 bits per heavy atom. The quantitative estimate of drug-likeness (QED) is 0.817. The van der Waals surface area contributed by atoms with Crippen molar-refractivity contribution in [3.05, 3.63) is 23.8 Å². The van der Waals surface area contributed by atoms with E-state index in [1.165, 1.54) is 18.2 Å². The lowest BCUT2D eigenvalue weighted by Gasteiger charge is -2.15. The van der Waals surface area contributed by atoms with Crippen molar-refractivity contribution in [2.45, 2.75) is 12.7 Å². The van der Waals surface area contributed by atoms with Crippen LogP contribution in [-0.2, 0) is 20.5 Å². The summed E-state index contributed by atoms with van der Waals surface area (Å²) in [7, 11) is -3.79. The lowest BCUT2D eigenvalue weighted by atomic mass is 10.2. The predicted molar refractivity (Wildman–Crippen MR) is 60.2 cm³/mol. The Morgan fingerprint density at radius 1 is 1.53 bits per heavy atom. The van der Waals surface area contributed by atoms with E-state index in [1.807, 2.05) is 0 Å². The van der Waals surface area contributed by atoms with Gasteiger partial charge in [0.1, 0.15) is 11.5 Å². The predicted octanol–water partition coefficient (Wildman–Crippen LogP) is 1.20. The molecule has 1 heterocycles. The molecule has 1 aromatic carbocycles. The van der Waals surface area contributed by atoms with E-state index in [0.29, 0.717) is 4.31 Å². The third-order valence-corrected chi connectivity index (χ3v) is 3.94. The number of benzene rings is 1. The molecule has 92 valence electrons. The Bertz CT molecular complexity index is 566. The first-order valence-corrected chi connectivity index (χ1v) is 6.59. The first-order valence-electron chi connectivity index (χ1n) is 4.98. The van der Waals surface area contributed by atoms with E-state index < -0.39 is 21.9 Å². The summed E-state index contributed by atoms with van der Waals surface area (Å²) in [5.74, 6) is -0.536. The third kappa shape index (κ3) is 1.82.